The van der Waals surface area contributed by atoms with Crippen LogP contribution in [0.3, 0.4) is 0 Å². The van der Waals surface area contributed by atoms with E-state index in [1.807, 2.05) is 0 Å². The molecule has 0 aromatic carbocycles. The van der Waals surface area contributed by atoms with Gasteiger partial charge in [-0.1, -0.05) is 0 Å². The van der Waals surface area contributed by atoms with Crippen LogP contribution in [-0.2, 0) is 14.4 Å². The lowest BCUT2D eigenvalue weighted by Gasteiger charge is -2.11. The molecule has 74 valence electrons. The Morgan fingerprint density at radius 2 is 1.85 bits per heavy atom. The number of carboxylic acids is 1. The maximum atomic E-state index is 10.6. The molecule has 0 aromatic rings. The van der Waals surface area contributed by atoms with Gasteiger partial charge in [0.1, 0.15) is 11.8 Å². The first-order valence-corrected chi connectivity index (χ1v) is 3.93. The van der Waals surface area contributed by atoms with Crippen LogP contribution in [-0.4, -0.2) is 28.8 Å². The normalized spacial score (nSPS) is 11.8. The summed E-state index contributed by atoms with van der Waals surface area (Å²) >= 11 is 0. The Morgan fingerprint density at radius 3 is 2.15 bits per heavy atom. The fourth-order valence-electron chi connectivity index (χ4n) is 0.850. The Bertz CT molecular complexity index is 224. The minimum Gasteiger partial charge on any atom is -0.480 e. The Hall–Kier alpha value is -1.39. The molecule has 0 bridgehead atoms. The Labute approximate surface area is 76.1 Å². The molecule has 0 fully saturated rings. The summed E-state index contributed by atoms with van der Waals surface area (Å²) in [6.07, 6.45) is 0.307. The van der Waals surface area contributed by atoms with Gasteiger partial charge in [-0.3, -0.25) is 4.79 Å². The molecule has 0 saturated carbocycles. The summed E-state index contributed by atoms with van der Waals surface area (Å²) in [5, 5.41) is 10.9. The smallest absolute Gasteiger partial charge is 0.326 e. The topological polar surface area (TPSA) is 83.5 Å². The largest absolute Gasteiger partial charge is 0.480 e. The Balaban J connectivity index is 4.02. The Morgan fingerprint density at radius 1 is 1.31 bits per heavy atom. The van der Waals surface area contributed by atoms with E-state index in [1.165, 1.54) is 13.8 Å². The van der Waals surface area contributed by atoms with Crippen molar-refractivity contribution in [2.45, 2.75) is 32.7 Å². The van der Waals surface area contributed by atoms with Crippen LogP contribution >= 0.6 is 0 Å². The van der Waals surface area contributed by atoms with Crippen LogP contribution in [0.25, 0.3) is 0 Å². The molecule has 0 rings (SSSR count). The van der Waals surface area contributed by atoms with E-state index in [2.05, 4.69) is 5.32 Å². The van der Waals surface area contributed by atoms with Gasteiger partial charge in [-0.05, 0) is 13.3 Å². The second-order valence-electron chi connectivity index (χ2n) is 2.83. The fourth-order valence-corrected chi connectivity index (χ4v) is 0.850. The summed E-state index contributed by atoms with van der Waals surface area (Å²) in [6, 6.07) is -0.957. The molecule has 13 heavy (non-hydrogen) atoms. The van der Waals surface area contributed by atoms with E-state index in [-0.39, 0.29) is 18.6 Å². The van der Waals surface area contributed by atoms with Gasteiger partial charge in [0.25, 0.3) is 0 Å². The lowest BCUT2D eigenvalue weighted by molar-refractivity contribution is -0.141. The van der Waals surface area contributed by atoms with Crippen molar-refractivity contribution in [2.75, 3.05) is 0 Å². The first-order valence-electron chi connectivity index (χ1n) is 3.93. The summed E-state index contributed by atoms with van der Waals surface area (Å²) in [6.45, 7) is 2.62. The Kier molecular flexibility index (Phi) is 4.72. The first-order chi connectivity index (χ1) is 5.93. The quantitative estimate of drug-likeness (QED) is 0.631. The minimum absolute atomic E-state index is 0.0865. The highest BCUT2D eigenvalue weighted by molar-refractivity contribution is 5.83. The van der Waals surface area contributed by atoms with E-state index in [9.17, 15) is 14.4 Å². The van der Waals surface area contributed by atoms with Crippen molar-refractivity contribution < 1.29 is 19.5 Å². The number of hydrogen-bond donors (Lipinski definition) is 2. The monoisotopic (exact) mass is 187 g/mol. The highest BCUT2D eigenvalue weighted by Crippen LogP contribution is 1.98. The van der Waals surface area contributed by atoms with Crippen LogP contribution in [0.2, 0.25) is 0 Å². The molecule has 1 amide bonds. The maximum absolute atomic E-state index is 10.6. The van der Waals surface area contributed by atoms with Crippen LogP contribution in [0.4, 0.5) is 0 Å². The van der Waals surface area contributed by atoms with Gasteiger partial charge in [-0.25, -0.2) is 4.79 Å². The predicted molar refractivity (Wildman–Crippen MR) is 45.2 cm³/mol. The van der Waals surface area contributed by atoms with Crippen molar-refractivity contribution in [3.05, 3.63) is 0 Å². The third-order valence-electron chi connectivity index (χ3n) is 1.46. The summed E-state index contributed by atoms with van der Waals surface area (Å²) in [7, 11) is 0. The van der Waals surface area contributed by atoms with Gasteiger partial charge in [0, 0.05) is 13.3 Å². The third-order valence-corrected chi connectivity index (χ3v) is 1.46. The standard InChI is InChI=1S/C8H13NO4/c1-5(10)3-4-7(8(12)13)9-6(2)11/h7H,3-4H2,1-2H3,(H,9,11)(H,12,13)/t7-/m1/s1. The number of rotatable bonds is 5. The zero-order valence-corrected chi connectivity index (χ0v) is 7.66. The van der Waals surface area contributed by atoms with Crippen molar-refractivity contribution in [2.24, 2.45) is 0 Å². The van der Waals surface area contributed by atoms with E-state index in [4.69, 9.17) is 5.11 Å². The first kappa shape index (κ1) is 11.6. The number of nitrogens with one attached hydrogen (secondary N) is 1. The molecule has 5 nitrogen and oxygen atoms in total. The number of ketones is 1. The summed E-state index contributed by atoms with van der Waals surface area (Å²) in [4.78, 5) is 31.6. The van der Waals surface area contributed by atoms with Gasteiger partial charge in [-0.2, -0.15) is 0 Å². The molecule has 0 aliphatic rings. The molecular formula is C8H13NO4. The van der Waals surface area contributed by atoms with Crippen molar-refractivity contribution >= 4 is 17.7 Å². The van der Waals surface area contributed by atoms with Gasteiger partial charge in [0.2, 0.25) is 5.91 Å². The van der Waals surface area contributed by atoms with E-state index >= 15 is 0 Å². The van der Waals surface area contributed by atoms with Crippen LogP contribution in [0.15, 0.2) is 0 Å². The van der Waals surface area contributed by atoms with E-state index in [0.717, 1.165) is 0 Å². The maximum Gasteiger partial charge on any atom is 0.326 e. The molecule has 0 aliphatic heterocycles. The van der Waals surface area contributed by atoms with Gasteiger partial charge in [0.05, 0.1) is 0 Å². The van der Waals surface area contributed by atoms with Crippen molar-refractivity contribution in [3.8, 4) is 0 Å². The number of amides is 1. The van der Waals surface area contributed by atoms with Crippen LogP contribution in [0.1, 0.15) is 26.7 Å². The number of hydrogen-bond acceptors (Lipinski definition) is 3. The highest BCUT2D eigenvalue weighted by Gasteiger charge is 2.18. The van der Waals surface area contributed by atoms with Crippen molar-refractivity contribution in [1.82, 2.24) is 5.32 Å². The minimum atomic E-state index is -1.11. The molecule has 0 heterocycles. The highest BCUT2D eigenvalue weighted by atomic mass is 16.4. The zero-order chi connectivity index (χ0) is 10.4. The van der Waals surface area contributed by atoms with Crippen molar-refractivity contribution in [3.63, 3.8) is 0 Å². The van der Waals surface area contributed by atoms with Gasteiger partial charge in [-0.15, -0.1) is 0 Å². The SMILES string of the molecule is CC(=O)CC[C@@H](NC(C)=O)C(=O)O. The van der Waals surface area contributed by atoms with Gasteiger partial charge < -0.3 is 15.2 Å². The second kappa shape index (κ2) is 5.29. The number of Topliss-reactive ketones (excluding diaryl/α,β-unsaturated/α-hetero) is 1. The van der Waals surface area contributed by atoms with Gasteiger partial charge in [0.15, 0.2) is 0 Å². The molecule has 5 heteroatoms. The van der Waals surface area contributed by atoms with Crippen molar-refractivity contribution in [1.29, 1.82) is 0 Å². The summed E-state index contributed by atoms with van der Waals surface area (Å²) < 4.78 is 0. The van der Waals surface area contributed by atoms with E-state index in [1.54, 1.807) is 0 Å². The molecule has 0 saturated heterocycles. The molecule has 0 aliphatic carbocycles. The second-order valence-corrected chi connectivity index (χ2v) is 2.83. The van der Waals surface area contributed by atoms with Crippen LogP contribution in [0, 0.1) is 0 Å². The van der Waals surface area contributed by atoms with Gasteiger partial charge >= 0.3 is 5.97 Å². The zero-order valence-electron chi connectivity index (χ0n) is 7.66. The molecule has 0 aromatic heterocycles. The predicted octanol–water partition coefficient (Wildman–Crippen LogP) is -0.0551. The van der Waals surface area contributed by atoms with E-state index in [0.29, 0.717) is 0 Å². The lowest BCUT2D eigenvalue weighted by atomic mass is 10.1. The number of carboxylic acid groups (broad SMARTS) is 1. The number of carbonyl (C=O) groups excluding carboxylic acids is 2. The van der Waals surface area contributed by atoms with E-state index < -0.39 is 17.9 Å². The summed E-state index contributed by atoms with van der Waals surface area (Å²) in [5.41, 5.74) is 0. The average molecular weight is 187 g/mol. The molecule has 1 atom stereocenters. The van der Waals surface area contributed by atoms with Crippen LogP contribution < -0.4 is 5.32 Å². The molecular weight excluding hydrogens is 174 g/mol. The molecule has 0 radical (unpaired) electrons. The third kappa shape index (κ3) is 5.84. The number of aliphatic carboxylic acids is 1. The summed E-state index contributed by atoms with van der Waals surface area (Å²) in [5.74, 6) is -1.61. The molecule has 0 unspecified atom stereocenters. The average Bonchev–Trinajstić information content (AvgIpc) is 1.96. The van der Waals surface area contributed by atoms with Crippen LogP contribution in [0.5, 0.6) is 0 Å². The number of carbonyl (C=O) groups is 3. The molecule has 0 spiro atoms. The molecule has 2 N–H and O–H groups in total. The fraction of sp³-hybridized carbons (Fsp3) is 0.625. The lowest BCUT2D eigenvalue weighted by Crippen LogP contribution is -2.39.